The van der Waals surface area contributed by atoms with Crippen molar-refractivity contribution in [1.82, 2.24) is 10.2 Å². The third-order valence-electron chi connectivity index (χ3n) is 2.60. The van der Waals surface area contributed by atoms with E-state index in [9.17, 15) is 14.4 Å². The van der Waals surface area contributed by atoms with Crippen molar-refractivity contribution in [3.63, 3.8) is 0 Å². The average Bonchev–Trinajstić information content (AvgIpc) is 2.37. The molecule has 1 saturated heterocycles. The van der Waals surface area contributed by atoms with Gasteiger partial charge in [0.05, 0.1) is 23.8 Å². The summed E-state index contributed by atoms with van der Waals surface area (Å²) in [6, 6.07) is 6.74. The number of nitrogens with one attached hydrogen (secondary N) is 2. The van der Waals surface area contributed by atoms with E-state index in [0.717, 1.165) is 4.90 Å². The van der Waals surface area contributed by atoms with Gasteiger partial charge < -0.3 is 5.32 Å². The van der Waals surface area contributed by atoms with Gasteiger partial charge in [-0.15, -0.1) is 0 Å². The van der Waals surface area contributed by atoms with Crippen molar-refractivity contribution >= 4 is 35.0 Å². The number of para-hydroxylation sites is 1. The zero-order valence-corrected chi connectivity index (χ0v) is 10.7. The van der Waals surface area contributed by atoms with Crippen LogP contribution in [-0.4, -0.2) is 42.3 Å². The molecular weight excluding hydrogens is 270 g/mol. The van der Waals surface area contributed by atoms with Crippen molar-refractivity contribution in [1.29, 1.82) is 0 Å². The van der Waals surface area contributed by atoms with E-state index in [4.69, 9.17) is 11.6 Å². The van der Waals surface area contributed by atoms with Crippen LogP contribution in [-0.2, 0) is 14.4 Å². The fourth-order valence-corrected chi connectivity index (χ4v) is 1.86. The van der Waals surface area contributed by atoms with Crippen molar-refractivity contribution in [3.05, 3.63) is 29.3 Å². The summed E-state index contributed by atoms with van der Waals surface area (Å²) in [5, 5.41) is 5.61. The molecule has 100 valence electrons. The van der Waals surface area contributed by atoms with Crippen LogP contribution in [0.4, 0.5) is 5.69 Å². The van der Waals surface area contributed by atoms with Gasteiger partial charge in [0.15, 0.2) is 0 Å². The number of rotatable bonds is 3. The Morgan fingerprint density at radius 1 is 1.26 bits per heavy atom. The van der Waals surface area contributed by atoms with E-state index in [1.165, 1.54) is 0 Å². The molecule has 0 bridgehead atoms. The van der Waals surface area contributed by atoms with E-state index in [1.807, 2.05) is 0 Å². The van der Waals surface area contributed by atoms with Crippen molar-refractivity contribution in [2.75, 3.05) is 25.0 Å². The first kappa shape index (κ1) is 13.5. The van der Waals surface area contributed by atoms with Crippen LogP contribution in [0.2, 0.25) is 5.02 Å². The molecule has 1 aliphatic heterocycles. The van der Waals surface area contributed by atoms with E-state index < -0.39 is 17.7 Å². The normalized spacial score (nSPS) is 15.5. The molecule has 1 heterocycles. The van der Waals surface area contributed by atoms with Crippen LogP contribution in [0, 0.1) is 0 Å². The standard InChI is InChI=1S/C12H12ClN3O3/c13-8-3-1-2-4-9(8)15-10(17)7-16-11(18)5-14-6-12(16)19/h1-4,14H,5-7H2,(H,15,17). The number of nitrogens with zero attached hydrogens (tertiary/aromatic N) is 1. The second-order valence-electron chi connectivity index (χ2n) is 4.01. The molecule has 0 saturated carbocycles. The van der Waals surface area contributed by atoms with Gasteiger partial charge in [0, 0.05) is 0 Å². The van der Waals surface area contributed by atoms with Gasteiger partial charge in [-0.3, -0.25) is 24.6 Å². The maximum atomic E-state index is 11.8. The van der Waals surface area contributed by atoms with Gasteiger partial charge in [-0.2, -0.15) is 0 Å². The number of hydrogen-bond donors (Lipinski definition) is 2. The lowest BCUT2D eigenvalue weighted by atomic mass is 10.3. The van der Waals surface area contributed by atoms with E-state index in [1.54, 1.807) is 24.3 Å². The first-order valence-electron chi connectivity index (χ1n) is 5.66. The molecule has 0 radical (unpaired) electrons. The molecule has 0 aromatic heterocycles. The van der Waals surface area contributed by atoms with E-state index >= 15 is 0 Å². The molecule has 3 amide bonds. The van der Waals surface area contributed by atoms with Crippen molar-refractivity contribution in [2.45, 2.75) is 0 Å². The fourth-order valence-electron chi connectivity index (χ4n) is 1.68. The van der Waals surface area contributed by atoms with Crippen LogP contribution < -0.4 is 10.6 Å². The minimum atomic E-state index is -0.461. The smallest absolute Gasteiger partial charge is 0.244 e. The van der Waals surface area contributed by atoms with Gasteiger partial charge in [0.1, 0.15) is 6.54 Å². The number of benzene rings is 1. The molecule has 0 spiro atoms. The summed E-state index contributed by atoms with van der Waals surface area (Å²) >= 11 is 5.90. The highest BCUT2D eigenvalue weighted by Gasteiger charge is 2.27. The molecule has 1 aliphatic rings. The Labute approximate surface area is 114 Å². The molecule has 19 heavy (non-hydrogen) atoms. The number of carbonyl (C=O) groups is 3. The Kier molecular flexibility index (Phi) is 4.13. The van der Waals surface area contributed by atoms with Crippen LogP contribution in [0.1, 0.15) is 0 Å². The minimum absolute atomic E-state index is 0.0606. The molecule has 1 aromatic carbocycles. The third kappa shape index (κ3) is 3.30. The Hall–Kier alpha value is -1.92. The van der Waals surface area contributed by atoms with Gasteiger partial charge in [0.2, 0.25) is 17.7 Å². The Morgan fingerprint density at radius 3 is 2.53 bits per heavy atom. The Morgan fingerprint density at radius 2 is 1.89 bits per heavy atom. The lowest BCUT2D eigenvalue weighted by Gasteiger charge is -2.24. The summed E-state index contributed by atoms with van der Waals surface area (Å²) in [4.78, 5) is 35.7. The van der Waals surface area contributed by atoms with Crippen molar-refractivity contribution < 1.29 is 14.4 Å². The van der Waals surface area contributed by atoms with Gasteiger partial charge in [0.25, 0.3) is 0 Å². The van der Waals surface area contributed by atoms with E-state index in [0.29, 0.717) is 10.7 Å². The van der Waals surface area contributed by atoms with E-state index in [2.05, 4.69) is 10.6 Å². The summed E-state index contributed by atoms with van der Waals surface area (Å²) in [5.74, 6) is -1.28. The van der Waals surface area contributed by atoms with Crippen molar-refractivity contribution in [3.8, 4) is 0 Å². The Balaban J connectivity index is 1.99. The zero-order valence-electron chi connectivity index (χ0n) is 9.98. The molecule has 2 N–H and O–H groups in total. The zero-order chi connectivity index (χ0) is 13.8. The largest absolute Gasteiger partial charge is 0.323 e. The van der Waals surface area contributed by atoms with Crippen LogP contribution >= 0.6 is 11.6 Å². The molecule has 0 unspecified atom stereocenters. The topological polar surface area (TPSA) is 78.5 Å². The summed E-state index contributed by atoms with van der Waals surface area (Å²) in [6.45, 7) is -0.180. The molecule has 2 rings (SSSR count). The second kappa shape index (κ2) is 5.81. The number of hydrogen-bond acceptors (Lipinski definition) is 4. The van der Waals surface area contributed by atoms with Gasteiger partial charge in [-0.05, 0) is 12.1 Å². The van der Waals surface area contributed by atoms with Gasteiger partial charge in [-0.25, -0.2) is 0 Å². The lowest BCUT2D eigenvalue weighted by Crippen LogP contribution is -2.54. The molecule has 1 aromatic rings. The molecular formula is C12H12ClN3O3. The first-order chi connectivity index (χ1) is 9.08. The minimum Gasteiger partial charge on any atom is -0.323 e. The number of carbonyl (C=O) groups excluding carboxylic acids is 3. The maximum Gasteiger partial charge on any atom is 0.244 e. The summed E-state index contributed by atoms with van der Waals surface area (Å²) in [7, 11) is 0. The highest BCUT2D eigenvalue weighted by molar-refractivity contribution is 6.33. The lowest BCUT2D eigenvalue weighted by molar-refractivity contribution is -0.148. The highest BCUT2D eigenvalue weighted by Crippen LogP contribution is 2.20. The van der Waals surface area contributed by atoms with Gasteiger partial charge in [-0.1, -0.05) is 23.7 Å². The predicted octanol–water partition coefficient (Wildman–Crippen LogP) is 0.237. The quantitative estimate of drug-likeness (QED) is 0.778. The fraction of sp³-hybridized carbons (Fsp3) is 0.250. The van der Waals surface area contributed by atoms with Crippen LogP contribution in [0.15, 0.2) is 24.3 Å². The highest BCUT2D eigenvalue weighted by atomic mass is 35.5. The Bertz CT molecular complexity index is 517. The van der Waals surface area contributed by atoms with E-state index in [-0.39, 0.29) is 19.6 Å². The van der Waals surface area contributed by atoms with Crippen LogP contribution in [0.3, 0.4) is 0 Å². The third-order valence-corrected chi connectivity index (χ3v) is 2.93. The monoisotopic (exact) mass is 281 g/mol. The van der Waals surface area contributed by atoms with Crippen LogP contribution in [0.5, 0.6) is 0 Å². The van der Waals surface area contributed by atoms with Crippen molar-refractivity contribution in [2.24, 2.45) is 0 Å². The van der Waals surface area contributed by atoms with Gasteiger partial charge >= 0.3 is 0 Å². The molecule has 1 fully saturated rings. The SMILES string of the molecule is O=C(CN1C(=O)CNCC1=O)Nc1ccccc1Cl. The molecule has 6 nitrogen and oxygen atoms in total. The summed E-state index contributed by atoms with van der Waals surface area (Å²) < 4.78 is 0. The number of piperazine rings is 1. The number of anilines is 1. The summed E-state index contributed by atoms with van der Waals surface area (Å²) in [5.41, 5.74) is 0.448. The number of amides is 3. The average molecular weight is 282 g/mol. The predicted molar refractivity (Wildman–Crippen MR) is 69.7 cm³/mol. The second-order valence-corrected chi connectivity index (χ2v) is 4.41. The number of imide groups is 1. The molecule has 7 heteroatoms. The molecule has 0 atom stereocenters. The summed E-state index contributed by atoms with van der Waals surface area (Å²) in [6.07, 6.45) is 0. The number of halogens is 1. The molecule has 0 aliphatic carbocycles. The maximum absolute atomic E-state index is 11.8. The van der Waals surface area contributed by atoms with Crippen LogP contribution in [0.25, 0.3) is 0 Å². The first-order valence-corrected chi connectivity index (χ1v) is 6.04.